The maximum atomic E-state index is 13.6. The van der Waals surface area contributed by atoms with Gasteiger partial charge in [-0.05, 0) is 51.2 Å². The van der Waals surface area contributed by atoms with E-state index in [9.17, 15) is 4.79 Å². The number of imidazole rings is 1. The molecule has 1 atom stereocenters. The normalized spacial score (nSPS) is 18.9. The van der Waals surface area contributed by atoms with Crippen LogP contribution in [-0.2, 0) is 17.8 Å². The van der Waals surface area contributed by atoms with E-state index >= 15 is 0 Å². The van der Waals surface area contributed by atoms with Crippen molar-refractivity contribution in [3.63, 3.8) is 0 Å². The van der Waals surface area contributed by atoms with Gasteiger partial charge in [-0.3, -0.25) is 4.79 Å². The quantitative estimate of drug-likeness (QED) is 0.620. The number of piperidine rings is 1. The molecule has 0 aliphatic carbocycles. The molecule has 0 spiro atoms. The van der Waals surface area contributed by atoms with Gasteiger partial charge in [-0.2, -0.15) is 0 Å². The molecule has 1 fully saturated rings. The van der Waals surface area contributed by atoms with Crippen LogP contribution < -0.4 is 9.80 Å². The third kappa shape index (κ3) is 3.74. The summed E-state index contributed by atoms with van der Waals surface area (Å²) < 4.78 is 2.27. The summed E-state index contributed by atoms with van der Waals surface area (Å²) in [7, 11) is 0. The predicted octanol–water partition coefficient (Wildman–Crippen LogP) is 4.13. The van der Waals surface area contributed by atoms with Gasteiger partial charge in [0.1, 0.15) is 12.2 Å². The van der Waals surface area contributed by atoms with Gasteiger partial charge in [-0.15, -0.1) is 0 Å². The fourth-order valence-corrected chi connectivity index (χ4v) is 5.26. The van der Waals surface area contributed by atoms with Gasteiger partial charge < -0.3 is 14.4 Å². The minimum Gasteiger partial charge on any atom is -0.354 e. The second-order valence-corrected chi connectivity index (χ2v) is 9.01. The lowest BCUT2D eigenvalue weighted by Gasteiger charge is -2.35. The first-order chi connectivity index (χ1) is 15.7. The third-order valence-corrected chi connectivity index (χ3v) is 6.93. The summed E-state index contributed by atoms with van der Waals surface area (Å²) in [5.74, 6) is 2.17. The number of hydrogen-bond donors (Lipinski definition) is 0. The molecule has 2 aromatic heterocycles. The molecule has 0 N–H and O–H groups in total. The number of para-hydroxylation sites is 1. The van der Waals surface area contributed by atoms with Gasteiger partial charge in [0.25, 0.3) is 0 Å². The number of benzene rings is 1. The van der Waals surface area contributed by atoms with Crippen LogP contribution in [-0.4, -0.2) is 45.1 Å². The molecular weight excluding hydrogens is 400 g/mol. The molecule has 2 aliphatic rings. The molecule has 168 valence electrons. The lowest BCUT2D eigenvalue weighted by atomic mass is 9.95. The summed E-state index contributed by atoms with van der Waals surface area (Å²) >= 11 is 0. The van der Waals surface area contributed by atoms with Crippen molar-refractivity contribution >= 4 is 28.6 Å². The Labute approximate surface area is 189 Å². The van der Waals surface area contributed by atoms with Crippen molar-refractivity contribution < 1.29 is 4.79 Å². The van der Waals surface area contributed by atoms with Crippen molar-refractivity contribution in [2.45, 2.75) is 58.9 Å². The number of aryl methyl sites for hydroxylation is 3. The van der Waals surface area contributed by atoms with Crippen LogP contribution in [0.25, 0.3) is 11.2 Å². The molecule has 32 heavy (non-hydrogen) atoms. The van der Waals surface area contributed by atoms with Gasteiger partial charge in [0, 0.05) is 38.3 Å². The van der Waals surface area contributed by atoms with Crippen molar-refractivity contribution in [2.75, 3.05) is 29.4 Å². The Bertz CT molecular complexity index is 1120. The minimum atomic E-state index is -0.0474. The summed E-state index contributed by atoms with van der Waals surface area (Å²) in [5, 5.41) is 0. The summed E-state index contributed by atoms with van der Waals surface area (Å²) in [6.07, 6.45) is 8.13. The van der Waals surface area contributed by atoms with E-state index in [1.807, 2.05) is 23.1 Å². The Morgan fingerprint density at radius 2 is 2.00 bits per heavy atom. The van der Waals surface area contributed by atoms with Gasteiger partial charge >= 0.3 is 0 Å². The average molecular weight is 433 g/mol. The number of carbonyl (C=O) groups excluding carboxylic acids is 1. The largest absolute Gasteiger partial charge is 0.354 e. The van der Waals surface area contributed by atoms with E-state index in [-0.39, 0.29) is 11.8 Å². The molecule has 0 unspecified atom stereocenters. The third-order valence-electron chi connectivity index (χ3n) is 6.93. The number of hydrogen-bond acceptors (Lipinski definition) is 5. The van der Waals surface area contributed by atoms with Crippen molar-refractivity contribution in [2.24, 2.45) is 5.92 Å². The molecule has 0 saturated carbocycles. The molecule has 0 radical (unpaired) electrons. The van der Waals surface area contributed by atoms with Crippen LogP contribution >= 0.6 is 0 Å². The molecule has 1 aromatic carbocycles. The Kier molecular flexibility index (Phi) is 5.81. The highest BCUT2D eigenvalue weighted by Crippen LogP contribution is 2.31. The fourth-order valence-electron chi connectivity index (χ4n) is 5.26. The molecule has 4 heterocycles. The lowest BCUT2D eigenvalue weighted by molar-refractivity contribution is -0.122. The monoisotopic (exact) mass is 432 g/mol. The Morgan fingerprint density at radius 3 is 2.84 bits per heavy atom. The van der Waals surface area contributed by atoms with Gasteiger partial charge in [-0.25, -0.2) is 15.0 Å². The van der Waals surface area contributed by atoms with Crippen LogP contribution in [0.2, 0.25) is 0 Å². The van der Waals surface area contributed by atoms with E-state index in [0.29, 0.717) is 13.1 Å². The highest BCUT2D eigenvalue weighted by molar-refractivity contribution is 5.96. The average Bonchev–Trinajstić information content (AvgIpc) is 3.01. The Balaban J connectivity index is 1.42. The van der Waals surface area contributed by atoms with Crippen LogP contribution in [0.4, 0.5) is 11.5 Å². The van der Waals surface area contributed by atoms with Crippen LogP contribution in [0, 0.1) is 12.8 Å². The van der Waals surface area contributed by atoms with Crippen LogP contribution in [0.5, 0.6) is 0 Å². The van der Waals surface area contributed by atoms with E-state index in [1.165, 1.54) is 19.3 Å². The summed E-state index contributed by atoms with van der Waals surface area (Å²) in [5.41, 5.74) is 3.98. The Morgan fingerprint density at radius 1 is 1.12 bits per heavy atom. The zero-order valence-electron chi connectivity index (χ0n) is 19.1. The van der Waals surface area contributed by atoms with Crippen LogP contribution in [0.1, 0.15) is 50.4 Å². The van der Waals surface area contributed by atoms with Crippen molar-refractivity contribution in [3.05, 3.63) is 42.0 Å². The number of rotatable bonds is 4. The number of amides is 1. The second-order valence-electron chi connectivity index (χ2n) is 9.01. The van der Waals surface area contributed by atoms with Crippen molar-refractivity contribution in [1.29, 1.82) is 0 Å². The second kappa shape index (κ2) is 8.88. The van der Waals surface area contributed by atoms with Crippen LogP contribution in [0.15, 0.2) is 30.6 Å². The standard InChI is InChI=1S/C25H32N6O/c1-3-30(20-12-7-6-10-18(20)2)25(32)19-11-9-14-29(16-19)23-22-24(27-17-26-23)31-15-8-4-5-13-21(31)28-22/h6-7,10,12,17,19H,3-5,8-9,11,13-16H2,1-2H3/t19-/m0/s1. The summed E-state index contributed by atoms with van der Waals surface area (Å²) in [4.78, 5) is 32.0. The fraction of sp³-hybridized carbons (Fsp3) is 0.520. The van der Waals surface area contributed by atoms with E-state index in [2.05, 4.69) is 39.3 Å². The van der Waals surface area contributed by atoms with Crippen molar-refractivity contribution in [1.82, 2.24) is 19.5 Å². The maximum absolute atomic E-state index is 13.6. The minimum absolute atomic E-state index is 0.0474. The first kappa shape index (κ1) is 20.9. The lowest BCUT2D eigenvalue weighted by Crippen LogP contribution is -2.45. The van der Waals surface area contributed by atoms with Crippen molar-refractivity contribution in [3.8, 4) is 0 Å². The highest BCUT2D eigenvalue weighted by Gasteiger charge is 2.32. The molecule has 3 aromatic rings. The molecule has 5 rings (SSSR count). The van der Waals surface area contributed by atoms with E-state index in [4.69, 9.17) is 4.98 Å². The van der Waals surface area contributed by atoms with E-state index in [0.717, 1.165) is 66.4 Å². The smallest absolute Gasteiger partial charge is 0.231 e. The topological polar surface area (TPSA) is 67.2 Å². The molecule has 7 heteroatoms. The summed E-state index contributed by atoms with van der Waals surface area (Å²) in [6, 6.07) is 8.14. The molecule has 1 saturated heterocycles. The number of anilines is 2. The maximum Gasteiger partial charge on any atom is 0.231 e. The van der Waals surface area contributed by atoms with Gasteiger partial charge in [0.2, 0.25) is 5.91 Å². The number of carbonyl (C=O) groups is 1. The highest BCUT2D eigenvalue weighted by atomic mass is 16.2. The Hall–Kier alpha value is -2.96. The first-order valence-corrected chi connectivity index (χ1v) is 12.0. The van der Waals surface area contributed by atoms with E-state index in [1.54, 1.807) is 6.33 Å². The molecular formula is C25H32N6O. The SMILES string of the molecule is CCN(C(=O)[C@H]1CCCN(c2ncnc3c2nc2n3CCCCC2)C1)c1ccccc1C. The number of nitrogens with zero attached hydrogens (tertiary/aromatic N) is 6. The summed E-state index contributed by atoms with van der Waals surface area (Å²) in [6.45, 7) is 7.34. The van der Waals surface area contributed by atoms with Gasteiger partial charge in [-0.1, -0.05) is 24.6 Å². The van der Waals surface area contributed by atoms with Gasteiger partial charge in [0.15, 0.2) is 17.0 Å². The predicted molar refractivity (Wildman–Crippen MR) is 127 cm³/mol. The molecule has 2 aliphatic heterocycles. The first-order valence-electron chi connectivity index (χ1n) is 12.0. The zero-order valence-corrected chi connectivity index (χ0v) is 19.1. The van der Waals surface area contributed by atoms with Crippen LogP contribution in [0.3, 0.4) is 0 Å². The van der Waals surface area contributed by atoms with E-state index < -0.39 is 0 Å². The zero-order chi connectivity index (χ0) is 22.1. The molecule has 7 nitrogen and oxygen atoms in total. The molecule has 1 amide bonds. The molecule has 0 bridgehead atoms. The number of aromatic nitrogens is 4. The van der Waals surface area contributed by atoms with Gasteiger partial charge in [0.05, 0.1) is 5.92 Å². The number of fused-ring (bicyclic) bond motifs is 3.